The zero-order chi connectivity index (χ0) is 6.69. The van der Waals surface area contributed by atoms with Gasteiger partial charge in [-0.15, -0.1) is 0 Å². The largest absolute Gasteiger partial charge is 2.00 e. The van der Waals surface area contributed by atoms with Crippen LogP contribution in [0.2, 0.25) is 6.55 Å². The van der Waals surface area contributed by atoms with Crippen LogP contribution in [-0.4, -0.2) is 32.6 Å². The van der Waals surface area contributed by atoms with Crippen LogP contribution in [0.15, 0.2) is 28.7 Å². The molecule has 0 spiro atoms. The Morgan fingerprint density at radius 3 is 2.20 bits per heavy atom. The van der Waals surface area contributed by atoms with Crippen LogP contribution in [0, 0.1) is 0 Å². The quantitative estimate of drug-likeness (QED) is 0.631. The first kappa shape index (κ1) is 10.7. The number of halogens is 1. The first-order valence-electron chi connectivity index (χ1n) is 3.07. The maximum absolute atomic E-state index is 3.39. The van der Waals surface area contributed by atoms with Crippen molar-refractivity contribution in [2.75, 3.05) is 0 Å². The van der Waals surface area contributed by atoms with Gasteiger partial charge in [-0.25, -0.2) is 0 Å². The van der Waals surface area contributed by atoms with Crippen LogP contribution in [0.1, 0.15) is 2.85 Å². The van der Waals surface area contributed by atoms with Gasteiger partial charge < -0.3 is 2.85 Å². The predicted molar refractivity (Wildman–Crippen MR) is 56.2 cm³/mol. The summed E-state index contributed by atoms with van der Waals surface area (Å²) in [7, 11) is 0.0544. The number of rotatable bonds is 1. The monoisotopic (exact) mass is 226 g/mol. The van der Waals surface area contributed by atoms with Crippen molar-refractivity contribution in [1.82, 2.24) is 0 Å². The van der Waals surface area contributed by atoms with Crippen LogP contribution >= 0.6 is 15.9 Å². The Balaban J connectivity index is -0.000000270. The molecule has 0 bridgehead atoms. The van der Waals surface area contributed by atoms with Crippen LogP contribution in [0.3, 0.4) is 0 Å². The molecule has 1 aromatic rings. The first-order chi connectivity index (χ1) is 4.33. The molecular formula is C7H11BrMgSi. The van der Waals surface area contributed by atoms with Crippen LogP contribution in [0.5, 0.6) is 0 Å². The molecule has 0 fully saturated rings. The van der Waals surface area contributed by atoms with Crippen molar-refractivity contribution in [2.24, 2.45) is 0 Å². The molecule has 1 rings (SSSR count). The van der Waals surface area contributed by atoms with Gasteiger partial charge in [-0.3, -0.25) is 0 Å². The minimum absolute atomic E-state index is 0. The van der Waals surface area contributed by atoms with Gasteiger partial charge in [-0.2, -0.15) is 0 Å². The fraction of sp³-hybridized carbons (Fsp3) is 0.143. The standard InChI is InChI=1S/C7H9BrSi.Mg.2H/c1-9-7-4-2-6(8)3-5-7;;;/h2-5H,9H2,1H3;;;/q;+2;2*-1. The fourth-order valence-corrected chi connectivity index (χ4v) is 1.69. The molecule has 0 heterocycles. The number of hydrogen-bond donors (Lipinski definition) is 0. The van der Waals surface area contributed by atoms with Gasteiger partial charge in [0.25, 0.3) is 0 Å². The summed E-state index contributed by atoms with van der Waals surface area (Å²) in [6.07, 6.45) is 0. The third kappa shape index (κ3) is 3.19. The summed E-state index contributed by atoms with van der Waals surface area (Å²) in [6.45, 7) is 2.29. The van der Waals surface area contributed by atoms with E-state index in [0.717, 1.165) is 0 Å². The maximum Gasteiger partial charge on any atom is 2.00 e. The van der Waals surface area contributed by atoms with Crippen LogP contribution in [0.25, 0.3) is 0 Å². The van der Waals surface area contributed by atoms with E-state index in [2.05, 4.69) is 46.7 Å². The third-order valence-electron chi connectivity index (χ3n) is 1.32. The zero-order valence-electron chi connectivity index (χ0n) is 8.10. The predicted octanol–water partition coefficient (Wildman–Crippen LogP) is 1.14. The second kappa shape index (κ2) is 5.35. The second-order valence-corrected chi connectivity index (χ2v) is 4.42. The number of benzene rings is 1. The topological polar surface area (TPSA) is 0 Å². The molecule has 0 aliphatic carbocycles. The molecule has 0 saturated carbocycles. The van der Waals surface area contributed by atoms with Crippen molar-refractivity contribution in [1.29, 1.82) is 0 Å². The molecule has 1 aromatic carbocycles. The summed E-state index contributed by atoms with van der Waals surface area (Å²) in [5.41, 5.74) is 0. The van der Waals surface area contributed by atoms with Crippen LogP contribution < -0.4 is 5.19 Å². The second-order valence-electron chi connectivity index (χ2n) is 1.98. The first-order valence-corrected chi connectivity index (χ1v) is 5.99. The molecule has 0 atom stereocenters. The van der Waals surface area contributed by atoms with Gasteiger partial charge in [-0.05, 0) is 12.1 Å². The molecule has 52 valence electrons. The van der Waals surface area contributed by atoms with Gasteiger partial charge >= 0.3 is 23.1 Å². The minimum Gasteiger partial charge on any atom is -1.00 e. The van der Waals surface area contributed by atoms with Gasteiger partial charge in [0.1, 0.15) is 0 Å². The van der Waals surface area contributed by atoms with E-state index in [-0.39, 0.29) is 35.4 Å². The Morgan fingerprint density at radius 1 is 1.30 bits per heavy atom. The molecule has 0 unspecified atom stereocenters. The maximum atomic E-state index is 3.39. The third-order valence-corrected chi connectivity index (χ3v) is 3.14. The average Bonchev–Trinajstić information content (AvgIpc) is 1.90. The van der Waals surface area contributed by atoms with Gasteiger partial charge in [0.2, 0.25) is 0 Å². The SMILES string of the molecule is C[SiH2]c1ccc(Br)cc1.[H-].[H-].[Mg+2]. The van der Waals surface area contributed by atoms with E-state index in [1.165, 1.54) is 9.66 Å². The van der Waals surface area contributed by atoms with Crippen LogP contribution in [-0.2, 0) is 0 Å². The van der Waals surface area contributed by atoms with E-state index < -0.39 is 0 Å². The fourth-order valence-electron chi connectivity index (χ4n) is 0.720. The van der Waals surface area contributed by atoms with Crippen molar-refractivity contribution in [3.63, 3.8) is 0 Å². The molecule has 0 N–H and O–H groups in total. The molecule has 10 heavy (non-hydrogen) atoms. The molecule has 0 saturated heterocycles. The summed E-state index contributed by atoms with van der Waals surface area (Å²) in [5, 5.41) is 1.53. The zero-order valence-corrected chi connectivity index (χ0v) is 10.5. The Hall–Kier alpha value is 0.683. The van der Waals surface area contributed by atoms with E-state index in [9.17, 15) is 0 Å². The Morgan fingerprint density at radius 2 is 1.80 bits per heavy atom. The van der Waals surface area contributed by atoms with Crippen molar-refractivity contribution >= 4 is 53.7 Å². The Labute approximate surface area is 91.5 Å². The van der Waals surface area contributed by atoms with Crippen molar-refractivity contribution in [2.45, 2.75) is 6.55 Å². The van der Waals surface area contributed by atoms with E-state index in [1.54, 1.807) is 0 Å². The van der Waals surface area contributed by atoms with E-state index >= 15 is 0 Å². The summed E-state index contributed by atoms with van der Waals surface area (Å²) in [4.78, 5) is 0. The average molecular weight is 227 g/mol. The molecular weight excluding hydrogens is 216 g/mol. The molecule has 0 amide bonds. The summed E-state index contributed by atoms with van der Waals surface area (Å²) in [6, 6.07) is 8.59. The van der Waals surface area contributed by atoms with Gasteiger partial charge in [0, 0.05) is 4.47 Å². The normalized spacial score (nSPS) is 9.80. The van der Waals surface area contributed by atoms with E-state index in [1.807, 2.05) is 0 Å². The molecule has 0 radical (unpaired) electrons. The summed E-state index contributed by atoms with van der Waals surface area (Å²) in [5.74, 6) is 0. The van der Waals surface area contributed by atoms with Gasteiger partial charge in [0.05, 0.1) is 9.52 Å². The van der Waals surface area contributed by atoms with Gasteiger partial charge in [-0.1, -0.05) is 39.8 Å². The van der Waals surface area contributed by atoms with Crippen molar-refractivity contribution in [3.8, 4) is 0 Å². The summed E-state index contributed by atoms with van der Waals surface area (Å²) < 4.78 is 1.17. The molecule has 3 heteroatoms. The Kier molecular flexibility index (Phi) is 5.71. The Bertz CT molecular complexity index is 193. The number of hydrogen-bond acceptors (Lipinski definition) is 0. The molecule has 0 aromatic heterocycles. The summed E-state index contributed by atoms with van der Waals surface area (Å²) >= 11 is 3.39. The molecule has 0 aliphatic heterocycles. The van der Waals surface area contributed by atoms with E-state index in [0.29, 0.717) is 0 Å². The van der Waals surface area contributed by atoms with Crippen molar-refractivity contribution < 1.29 is 2.85 Å². The van der Waals surface area contributed by atoms with Crippen molar-refractivity contribution in [3.05, 3.63) is 28.7 Å². The van der Waals surface area contributed by atoms with E-state index in [4.69, 9.17) is 0 Å². The molecule has 0 aliphatic rings. The van der Waals surface area contributed by atoms with Crippen LogP contribution in [0.4, 0.5) is 0 Å². The van der Waals surface area contributed by atoms with Gasteiger partial charge in [0.15, 0.2) is 0 Å². The minimum atomic E-state index is 0. The smallest absolute Gasteiger partial charge is 1.00 e. The molecule has 0 nitrogen and oxygen atoms in total.